The number of halogens is 1. The summed E-state index contributed by atoms with van der Waals surface area (Å²) in [5.41, 5.74) is 0.323. The zero-order valence-corrected chi connectivity index (χ0v) is 9.16. The zero-order chi connectivity index (χ0) is 12.1. The van der Waals surface area contributed by atoms with Crippen LogP contribution in [0.4, 0.5) is 4.39 Å². The topological polar surface area (TPSA) is 58.6 Å². The van der Waals surface area contributed by atoms with Gasteiger partial charge in [0.15, 0.2) is 6.61 Å². The van der Waals surface area contributed by atoms with Crippen molar-refractivity contribution in [3.63, 3.8) is 0 Å². The van der Waals surface area contributed by atoms with Crippen LogP contribution in [0.1, 0.15) is 18.6 Å². The number of amides is 1. The first kappa shape index (κ1) is 12.4. The maximum atomic E-state index is 12.9. The number of carbonyl (C=O) groups excluding carboxylic acids is 1. The first-order valence-corrected chi connectivity index (χ1v) is 4.85. The molecule has 1 amide bonds. The number of aliphatic hydroxyl groups excluding tert-OH is 1. The summed E-state index contributed by atoms with van der Waals surface area (Å²) in [6, 6.07) is 3.79. The average Bonchev–Trinajstić information content (AvgIpc) is 2.26. The lowest BCUT2D eigenvalue weighted by molar-refractivity contribution is -0.122. The van der Waals surface area contributed by atoms with Gasteiger partial charge >= 0.3 is 0 Å². The number of benzene rings is 1. The quantitative estimate of drug-likeness (QED) is 0.806. The van der Waals surface area contributed by atoms with Gasteiger partial charge in [0, 0.05) is 12.6 Å². The van der Waals surface area contributed by atoms with Gasteiger partial charge in [0.05, 0.1) is 6.10 Å². The Hall–Kier alpha value is -1.62. The Bertz CT molecular complexity index is 379. The molecule has 0 radical (unpaired) electrons. The lowest BCUT2D eigenvalue weighted by Gasteiger charge is -2.12. The molecule has 0 aliphatic rings. The summed E-state index contributed by atoms with van der Waals surface area (Å²) in [5, 5.41) is 11.8. The molecule has 0 aliphatic carbocycles. The Balaban J connectivity index is 2.82. The molecule has 0 heterocycles. The molecule has 4 nitrogen and oxygen atoms in total. The van der Waals surface area contributed by atoms with Crippen molar-refractivity contribution in [2.24, 2.45) is 0 Å². The fraction of sp³-hybridized carbons (Fsp3) is 0.364. The lowest BCUT2D eigenvalue weighted by Crippen LogP contribution is -2.25. The summed E-state index contributed by atoms with van der Waals surface area (Å²) in [6.45, 7) is 1.34. The Morgan fingerprint density at radius 2 is 2.31 bits per heavy atom. The number of ether oxygens (including phenoxy) is 1. The number of carbonyl (C=O) groups is 1. The molecule has 1 aromatic rings. The second kappa shape index (κ2) is 5.46. The van der Waals surface area contributed by atoms with Gasteiger partial charge in [-0.15, -0.1) is 0 Å². The number of likely N-dealkylation sites (N-methyl/N-ethyl adjacent to an activating group) is 1. The first-order valence-electron chi connectivity index (χ1n) is 4.85. The molecule has 1 atom stereocenters. The van der Waals surface area contributed by atoms with E-state index in [4.69, 9.17) is 4.74 Å². The van der Waals surface area contributed by atoms with E-state index in [-0.39, 0.29) is 12.5 Å². The predicted molar refractivity (Wildman–Crippen MR) is 56.6 cm³/mol. The number of nitrogens with one attached hydrogen (secondary N) is 1. The van der Waals surface area contributed by atoms with Crippen molar-refractivity contribution in [3.05, 3.63) is 29.6 Å². The van der Waals surface area contributed by atoms with Gasteiger partial charge in [0.25, 0.3) is 5.91 Å². The Labute approximate surface area is 93.0 Å². The van der Waals surface area contributed by atoms with E-state index < -0.39 is 11.9 Å². The minimum absolute atomic E-state index is 0.165. The summed E-state index contributed by atoms with van der Waals surface area (Å²) >= 11 is 0. The fourth-order valence-electron chi connectivity index (χ4n) is 1.19. The van der Waals surface area contributed by atoms with Crippen LogP contribution in [0.25, 0.3) is 0 Å². The maximum absolute atomic E-state index is 12.9. The van der Waals surface area contributed by atoms with Crippen LogP contribution in [0.2, 0.25) is 0 Å². The zero-order valence-electron chi connectivity index (χ0n) is 9.16. The molecular formula is C11H14FNO3. The van der Waals surface area contributed by atoms with E-state index in [2.05, 4.69) is 5.32 Å². The van der Waals surface area contributed by atoms with E-state index >= 15 is 0 Å². The molecule has 0 unspecified atom stereocenters. The minimum Gasteiger partial charge on any atom is -0.483 e. The van der Waals surface area contributed by atoms with Crippen molar-refractivity contribution in [1.82, 2.24) is 5.32 Å². The molecule has 0 aliphatic heterocycles. The number of aliphatic hydroxyl groups is 1. The Morgan fingerprint density at radius 3 is 2.88 bits per heavy atom. The van der Waals surface area contributed by atoms with Crippen molar-refractivity contribution in [1.29, 1.82) is 0 Å². The predicted octanol–water partition coefficient (Wildman–Crippen LogP) is 1.00. The normalized spacial score (nSPS) is 12.0. The van der Waals surface area contributed by atoms with E-state index in [1.807, 2.05) is 0 Å². The van der Waals surface area contributed by atoms with E-state index in [1.165, 1.54) is 32.2 Å². The smallest absolute Gasteiger partial charge is 0.257 e. The summed E-state index contributed by atoms with van der Waals surface area (Å²) < 4.78 is 18.1. The maximum Gasteiger partial charge on any atom is 0.257 e. The van der Waals surface area contributed by atoms with Crippen LogP contribution in [0.3, 0.4) is 0 Å². The first-order chi connectivity index (χ1) is 7.54. The third-order valence-corrected chi connectivity index (χ3v) is 2.06. The molecule has 0 bridgehead atoms. The van der Waals surface area contributed by atoms with Crippen LogP contribution in [0, 0.1) is 5.82 Å². The molecule has 0 aromatic heterocycles. The van der Waals surface area contributed by atoms with Crippen LogP contribution < -0.4 is 10.1 Å². The van der Waals surface area contributed by atoms with Crippen molar-refractivity contribution in [2.45, 2.75) is 13.0 Å². The molecule has 0 saturated heterocycles. The highest BCUT2D eigenvalue weighted by atomic mass is 19.1. The highest BCUT2D eigenvalue weighted by molar-refractivity contribution is 5.77. The molecule has 2 N–H and O–H groups in total. The Kier molecular flexibility index (Phi) is 4.25. The number of hydrogen-bond acceptors (Lipinski definition) is 3. The van der Waals surface area contributed by atoms with Crippen molar-refractivity contribution in [2.75, 3.05) is 13.7 Å². The molecule has 5 heteroatoms. The second-order valence-electron chi connectivity index (χ2n) is 3.32. The summed E-state index contributed by atoms with van der Waals surface area (Å²) in [5.74, 6) is -0.441. The van der Waals surface area contributed by atoms with E-state index in [0.29, 0.717) is 11.3 Å². The van der Waals surface area contributed by atoms with Gasteiger partial charge in [-0.1, -0.05) is 0 Å². The van der Waals surface area contributed by atoms with Gasteiger partial charge in [-0.05, 0) is 25.1 Å². The number of rotatable bonds is 4. The summed E-state index contributed by atoms with van der Waals surface area (Å²) in [6.07, 6.45) is -0.851. The summed E-state index contributed by atoms with van der Waals surface area (Å²) in [4.78, 5) is 11.0. The van der Waals surface area contributed by atoms with Crippen LogP contribution >= 0.6 is 0 Å². The molecular weight excluding hydrogens is 213 g/mol. The van der Waals surface area contributed by atoms with Crippen LogP contribution in [-0.4, -0.2) is 24.7 Å². The molecule has 1 rings (SSSR count). The average molecular weight is 227 g/mol. The molecule has 0 saturated carbocycles. The highest BCUT2D eigenvalue weighted by Gasteiger charge is 2.11. The summed E-state index contributed by atoms with van der Waals surface area (Å²) in [7, 11) is 1.49. The van der Waals surface area contributed by atoms with Gasteiger partial charge in [-0.2, -0.15) is 0 Å². The SMILES string of the molecule is CNC(=O)COc1ccc(F)cc1[C@@H](C)O. The van der Waals surface area contributed by atoms with Crippen LogP contribution in [-0.2, 0) is 4.79 Å². The fourth-order valence-corrected chi connectivity index (χ4v) is 1.19. The van der Waals surface area contributed by atoms with Crippen molar-refractivity contribution < 1.29 is 19.0 Å². The standard InChI is InChI=1S/C11H14FNO3/c1-7(14)9-5-8(12)3-4-10(9)16-6-11(15)13-2/h3-5,7,14H,6H2,1-2H3,(H,13,15)/t7-/m1/s1. The van der Waals surface area contributed by atoms with Crippen molar-refractivity contribution >= 4 is 5.91 Å². The molecule has 1 aromatic carbocycles. The number of hydrogen-bond donors (Lipinski definition) is 2. The molecule has 0 fully saturated rings. The third kappa shape index (κ3) is 3.20. The van der Waals surface area contributed by atoms with Gasteiger partial charge < -0.3 is 15.2 Å². The molecule has 88 valence electrons. The largest absolute Gasteiger partial charge is 0.483 e. The van der Waals surface area contributed by atoms with Gasteiger partial charge in [0.2, 0.25) is 0 Å². The third-order valence-electron chi connectivity index (χ3n) is 2.06. The van der Waals surface area contributed by atoms with Gasteiger partial charge in [0.1, 0.15) is 11.6 Å². The van der Waals surface area contributed by atoms with E-state index in [9.17, 15) is 14.3 Å². The van der Waals surface area contributed by atoms with Crippen LogP contribution in [0.15, 0.2) is 18.2 Å². The molecule has 0 spiro atoms. The highest BCUT2D eigenvalue weighted by Crippen LogP contribution is 2.25. The van der Waals surface area contributed by atoms with Crippen LogP contribution in [0.5, 0.6) is 5.75 Å². The lowest BCUT2D eigenvalue weighted by atomic mass is 10.1. The second-order valence-corrected chi connectivity index (χ2v) is 3.32. The van der Waals surface area contributed by atoms with Gasteiger partial charge in [-0.25, -0.2) is 4.39 Å². The monoisotopic (exact) mass is 227 g/mol. The Morgan fingerprint density at radius 1 is 1.62 bits per heavy atom. The van der Waals surface area contributed by atoms with Gasteiger partial charge in [-0.3, -0.25) is 4.79 Å². The van der Waals surface area contributed by atoms with E-state index in [1.54, 1.807) is 0 Å². The van der Waals surface area contributed by atoms with Crippen molar-refractivity contribution in [3.8, 4) is 5.75 Å². The molecule has 16 heavy (non-hydrogen) atoms. The van der Waals surface area contributed by atoms with E-state index in [0.717, 1.165) is 0 Å². The minimum atomic E-state index is -0.851.